The highest BCUT2D eigenvalue weighted by molar-refractivity contribution is 5.60. The second kappa shape index (κ2) is 5.12. The van der Waals surface area contributed by atoms with E-state index in [0.29, 0.717) is 18.6 Å². The predicted octanol–water partition coefficient (Wildman–Crippen LogP) is 4.07. The Labute approximate surface area is 116 Å². The normalized spacial score (nSPS) is 16.6. The largest absolute Gasteiger partial charge is 0.494 e. The van der Waals surface area contributed by atoms with Gasteiger partial charge in [0.1, 0.15) is 17.4 Å². The van der Waals surface area contributed by atoms with Crippen LogP contribution in [0.5, 0.6) is 5.75 Å². The van der Waals surface area contributed by atoms with E-state index >= 15 is 0 Å². The molecule has 1 aliphatic rings. The van der Waals surface area contributed by atoms with Gasteiger partial charge < -0.3 is 10.1 Å². The van der Waals surface area contributed by atoms with Crippen molar-refractivity contribution in [3.8, 4) is 5.75 Å². The van der Waals surface area contributed by atoms with Crippen LogP contribution in [0.2, 0.25) is 0 Å². The summed E-state index contributed by atoms with van der Waals surface area (Å²) in [5.41, 5.74) is 2.37. The Bertz CT molecular complexity index is 642. The standard InChI is InChI=1S/C16H15F2NO/c1-2-20-12-4-6-15-10(7-12)8-16(19-15)13-9-11(17)3-5-14(13)18/h3-7,9,16,19H,2,8H2,1H3. The summed E-state index contributed by atoms with van der Waals surface area (Å²) >= 11 is 0. The molecule has 4 heteroatoms. The monoisotopic (exact) mass is 275 g/mol. The second-order valence-corrected chi connectivity index (χ2v) is 4.82. The Kier molecular flexibility index (Phi) is 3.30. The molecule has 0 radical (unpaired) electrons. The minimum atomic E-state index is -0.422. The highest BCUT2D eigenvalue weighted by atomic mass is 19.1. The van der Waals surface area contributed by atoms with Crippen LogP contribution in [0, 0.1) is 11.6 Å². The maximum Gasteiger partial charge on any atom is 0.128 e. The van der Waals surface area contributed by atoms with Crippen LogP contribution in [0.25, 0.3) is 0 Å². The fraction of sp³-hybridized carbons (Fsp3) is 0.250. The van der Waals surface area contributed by atoms with E-state index in [1.807, 2.05) is 25.1 Å². The fourth-order valence-electron chi connectivity index (χ4n) is 2.56. The summed E-state index contributed by atoms with van der Waals surface area (Å²) in [4.78, 5) is 0. The molecule has 0 bridgehead atoms. The van der Waals surface area contributed by atoms with E-state index in [9.17, 15) is 8.78 Å². The van der Waals surface area contributed by atoms with Crippen molar-refractivity contribution in [2.45, 2.75) is 19.4 Å². The van der Waals surface area contributed by atoms with Crippen LogP contribution < -0.4 is 10.1 Å². The molecule has 2 aromatic rings. The summed E-state index contributed by atoms with van der Waals surface area (Å²) in [6.07, 6.45) is 0.622. The molecule has 2 aromatic carbocycles. The fourth-order valence-corrected chi connectivity index (χ4v) is 2.56. The highest BCUT2D eigenvalue weighted by Crippen LogP contribution is 2.37. The number of nitrogens with one attached hydrogen (secondary N) is 1. The van der Waals surface area contributed by atoms with Gasteiger partial charge in [0.05, 0.1) is 12.6 Å². The Morgan fingerprint density at radius 3 is 2.85 bits per heavy atom. The lowest BCUT2D eigenvalue weighted by atomic mass is 10.0. The number of fused-ring (bicyclic) bond motifs is 1. The van der Waals surface area contributed by atoms with Crippen molar-refractivity contribution in [3.63, 3.8) is 0 Å². The summed E-state index contributed by atoms with van der Waals surface area (Å²) in [6.45, 7) is 2.53. The molecule has 104 valence electrons. The molecular formula is C16H15F2NO. The van der Waals surface area contributed by atoms with Crippen LogP contribution in [-0.4, -0.2) is 6.61 Å². The number of benzene rings is 2. The van der Waals surface area contributed by atoms with Crippen LogP contribution in [0.1, 0.15) is 24.1 Å². The van der Waals surface area contributed by atoms with Gasteiger partial charge in [-0.1, -0.05) is 0 Å². The Hall–Kier alpha value is -2.10. The number of rotatable bonds is 3. The van der Waals surface area contributed by atoms with E-state index in [4.69, 9.17) is 4.74 Å². The van der Waals surface area contributed by atoms with Crippen molar-refractivity contribution in [2.24, 2.45) is 0 Å². The van der Waals surface area contributed by atoms with Gasteiger partial charge >= 0.3 is 0 Å². The SMILES string of the molecule is CCOc1ccc2c(c1)CC(c1cc(F)ccc1F)N2. The van der Waals surface area contributed by atoms with Gasteiger partial charge in [0.25, 0.3) is 0 Å². The zero-order valence-corrected chi connectivity index (χ0v) is 11.1. The third-order valence-corrected chi connectivity index (χ3v) is 3.47. The summed E-state index contributed by atoms with van der Waals surface area (Å²) in [5.74, 6) is -0.00989. The third kappa shape index (κ3) is 2.33. The molecule has 0 aromatic heterocycles. The molecule has 0 amide bonds. The van der Waals surface area contributed by atoms with E-state index in [-0.39, 0.29) is 11.9 Å². The number of hydrogen-bond donors (Lipinski definition) is 1. The van der Waals surface area contributed by atoms with Crippen molar-refractivity contribution in [1.82, 2.24) is 0 Å². The van der Waals surface area contributed by atoms with E-state index in [0.717, 1.165) is 23.1 Å². The van der Waals surface area contributed by atoms with Gasteiger partial charge in [0.2, 0.25) is 0 Å². The maximum atomic E-state index is 13.8. The lowest BCUT2D eigenvalue weighted by Crippen LogP contribution is -2.08. The van der Waals surface area contributed by atoms with Crippen molar-refractivity contribution >= 4 is 5.69 Å². The van der Waals surface area contributed by atoms with Crippen molar-refractivity contribution in [3.05, 3.63) is 59.2 Å². The first kappa shape index (κ1) is 12.9. The van der Waals surface area contributed by atoms with Gasteiger partial charge in [-0.05, 0) is 55.3 Å². The smallest absolute Gasteiger partial charge is 0.128 e. The molecule has 3 rings (SSSR count). The summed E-state index contributed by atoms with van der Waals surface area (Å²) < 4.78 is 32.5. The zero-order chi connectivity index (χ0) is 14.1. The summed E-state index contributed by atoms with van der Waals surface area (Å²) in [6, 6.07) is 9.05. The summed E-state index contributed by atoms with van der Waals surface area (Å²) in [5, 5.41) is 3.23. The van der Waals surface area contributed by atoms with Gasteiger partial charge in [-0.25, -0.2) is 8.78 Å². The van der Waals surface area contributed by atoms with E-state index in [1.54, 1.807) is 0 Å². The second-order valence-electron chi connectivity index (χ2n) is 4.82. The first-order valence-corrected chi connectivity index (χ1v) is 6.64. The molecule has 0 fully saturated rings. The average molecular weight is 275 g/mol. The van der Waals surface area contributed by atoms with Gasteiger partial charge in [-0.2, -0.15) is 0 Å². The minimum Gasteiger partial charge on any atom is -0.494 e. The Morgan fingerprint density at radius 2 is 2.05 bits per heavy atom. The van der Waals surface area contributed by atoms with Crippen molar-refractivity contribution < 1.29 is 13.5 Å². The number of anilines is 1. The quantitative estimate of drug-likeness (QED) is 0.911. The third-order valence-electron chi connectivity index (χ3n) is 3.47. The number of ether oxygens (including phenoxy) is 1. The first-order chi connectivity index (χ1) is 9.67. The predicted molar refractivity (Wildman–Crippen MR) is 74.0 cm³/mol. The molecule has 0 aliphatic carbocycles. The number of hydrogen-bond acceptors (Lipinski definition) is 2. The molecule has 0 spiro atoms. The van der Waals surface area contributed by atoms with Crippen molar-refractivity contribution in [1.29, 1.82) is 0 Å². The van der Waals surface area contributed by atoms with E-state index in [2.05, 4.69) is 5.32 Å². The van der Waals surface area contributed by atoms with E-state index < -0.39 is 5.82 Å². The van der Waals surface area contributed by atoms with Gasteiger partial charge in [0.15, 0.2) is 0 Å². The topological polar surface area (TPSA) is 21.3 Å². The highest BCUT2D eigenvalue weighted by Gasteiger charge is 2.25. The molecule has 1 N–H and O–H groups in total. The zero-order valence-electron chi connectivity index (χ0n) is 11.1. The Morgan fingerprint density at radius 1 is 1.20 bits per heavy atom. The van der Waals surface area contributed by atoms with Gasteiger partial charge in [0, 0.05) is 11.3 Å². The van der Waals surface area contributed by atoms with Crippen LogP contribution in [0.3, 0.4) is 0 Å². The molecule has 20 heavy (non-hydrogen) atoms. The molecular weight excluding hydrogens is 260 g/mol. The molecule has 1 atom stereocenters. The maximum absolute atomic E-state index is 13.8. The lowest BCUT2D eigenvalue weighted by molar-refractivity contribution is 0.340. The molecule has 1 heterocycles. The average Bonchev–Trinajstić information content (AvgIpc) is 2.85. The van der Waals surface area contributed by atoms with Crippen molar-refractivity contribution in [2.75, 3.05) is 11.9 Å². The minimum absolute atomic E-state index is 0.238. The molecule has 1 unspecified atom stereocenters. The molecule has 0 saturated heterocycles. The summed E-state index contributed by atoms with van der Waals surface area (Å²) in [7, 11) is 0. The van der Waals surface area contributed by atoms with Gasteiger partial charge in [-0.15, -0.1) is 0 Å². The van der Waals surface area contributed by atoms with Gasteiger partial charge in [-0.3, -0.25) is 0 Å². The first-order valence-electron chi connectivity index (χ1n) is 6.64. The molecule has 2 nitrogen and oxygen atoms in total. The lowest BCUT2D eigenvalue weighted by Gasteiger charge is -2.12. The number of halogens is 2. The van der Waals surface area contributed by atoms with E-state index in [1.165, 1.54) is 12.1 Å². The van der Waals surface area contributed by atoms with Crippen LogP contribution >= 0.6 is 0 Å². The van der Waals surface area contributed by atoms with Crippen LogP contribution in [-0.2, 0) is 6.42 Å². The van der Waals surface area contributed by atoms with Crippen LogP contribution in [0.4, 0.5) is 14.5 Å². The van der Waals surface area contributed by atoms with Crippen LogP contribution in [0.15, 0.2) is 36.4 Å². The Balaban J connectivity index is 1.88. The molecule has 0 saturated carbocycles. The molecule has 1 aliphatic heterocycles.